The fourth-order valence-corrected chi connectivity index (χ4v) is 6.62. The first-order chi connectivity index (χ1) is 18.2. The molecule has 192 valence electrons. The molecule has 4 atom stereocenters. The van der Waals surface area contributed by atoms with Crippen LogP contribution in [0.4, 0.5) is 0 Å². The Morgan fingerprint density at radius 2 is 1.53 bits per heavy atom. The number of fused-ring (bicyclic) bond motifs is 3. The van der Waals surface area contributed by atoms with E-state index in [2.05, 4.69) is 0 Å². The zero-order valence-corrected chi connectivity index (χ0v) is 20.9. The number of aromatic hydroxyl groups is 2. The SMILES string of the molecule is CC1=CC(=O)C2=C(CC3C(=CCC4C(=O)N(CCc5ccc(O)cc5)C(=O)C43)C2c2ccc(O)cc2)C1=O. The Morgan fingerprint density at radius 3 is 2.21 bits per heavy atom. The second kappa shape index (κ2) is 8.94. The number of carbonyl (C=O) groups is 4. The smallest absolute Gasteiger partial charge is 0.233 e. The zero-order chi connectivity index (χ0) is 26.7. The summed E-state index contributed by atoms with van der Waals surface area (Å²) in [4.78, 5) is 55.0. The Bertz CT molecular complexity index is 1480. The summed E-state index contributed by atoms with van der Waals surface area (Å²) in [7, 11) is 0. The Kier molecular flexibility index (Phi) is 5.67. The summed E-state index contributed by atoms with van der Waals surface area (Å²) in [6.45, 7) is 1.87. The maximum atomic E-state index is 13.8. The standard InChI is InChI=1S/C31H27NO6/c1-16-14-25(35)28-24(29(16)36)15-23-21(26(28)18-4-8-20(34)9-5-18)10-11-22-27(23)31(38)32(30(22)37)13-12-17-2-6-19(33)7-3-17/h2-10,14,22-23,26-27,33-34H,11-13,15H2,1H3. The largest absolute Gasteiger partial charge is 0.508 e. The van der Waals surface area contributed by atoms with E-state index >= 15 is 0 Å². The van der Waals surface area contributed by atoms with Crippen LogP contribution in [0.3, 0.4) is 0 Å². The fraction of sp³-hybridized carbons (Fsp3) is 0.290. The first kappa shape index (κ1) is 24.1. The molecule has 1 fully saturated rings. The molecule has 0 saturated carbocycles. The molecule has 1 heterocycles. The molecule has 0 aromatic heterocycles. The van der Waals surface area contributed by atoms with Crippen molar-refractivity contribution in [2.75, 3.05) is 6.54 Å². The number of rotatable bonds is 4. The highest BCUT2D eigenvalue weighted by Gasteiger charge is 2.56. The molecule has 3 aliphatic carbocycles. The van der Waals surface area contributed by atoms with Crippen molar-refractivity contribution in [3.8, 4) is 11.5 Å². The van der Waals surface area contributed by atoms with Crippen molar-refractivity contribution in [1.82, 2.24) is 4.90 Å². The third-order valence-corrected chi connectivity index (χ3v) is 8.44. The average molecular weight is 510 g/mol. The van der Waals surface area contributed by atoms with Crippen LogP contribution in [0.25, 0.3) is 0 Å². The van der Waals surface area contributed by atoms with E-state index in [4.69, 9.17) is 0 Å². The van der Waals surface area contributed by atoms with Crippen LogP contribution < -0.4 is 0 Å². The Hall–Kier alpha value is -4.26. The van der Waals surface area contributed by atoms with Crippen LogP contribution in [0.2, 0.25) is 0 Å². The maximum Gasteiger partial charge on any atom is 0.233 e. The van der Waals surface area contributed by atoms with Crippen molar-refractivity contribution >= 4 is 23.4 Å². The van der Waals surface area contributed by atoms with Gasteiger partial charge in [0.1, 0.15) is 11.5 Å². The van der Waals surface area contributed by atoms with E-state index in [1.165, 1.54) is 11.0 Å². The molecule has 7 nitrogen and oxygen atoms in total. The first-order valence-corrected chi connectivity index (χ1v) is 12.9. The van der Waals surface area contributed by atoms with Crippen LogP contribution in [0.15, 0.2) is 83.0 Å². The summed E-state index contributed by atoms with van der Waals surface area (Å²) in [5, 5.41) is 19.4. The molecule has 1 aliphatic heterocycles. The van der Waals surface area contributed by atoms with E-state index in [0.29, 0.717) is 29.6 Å². The van der Waals surface area contributed by atoms with Gasteiger partial charge < -0.3 is 10.2 Å². The van der Waals surface area contributed by atoms with E-state index in [0.717, 1.165) is 16.7 Å². The number of phenolic OH excluding ortho intramolecular Hbond substituents is 2. The Labute approximate surface area is 219 Å². The molecule has 2 N–H and O–H groups in total. The van der Waals surface area contributed by atoms with Crippen molar-refractivity contribution in [3.63, 3.8) is 0 Å². The van der Waals surface area contributed by atoms with Crippen LogP contribution in [0.5, 0.6) is 11.5 Å². The highest BCUT2D eigenvalue weighted by Crippen LogP contribution is 2.55. The van der Waals surface area contributed by atoms with Gasteiger partial charge >= 0.3 is 0 Å². The van der Waals surface area contributed by atoms with Crippen molar-refractivity contribution in [2.45, 2.75) is 32.1 Å². The molecule has 2 amide bonds. The van der Waals surface area contributed by atoms with Gasteiger partial charge in [-0.15, -0.1) is 0 Å². The molecule has 38 heavy (non-hydrogen) atoms. The van der Waals surface area contributed by atoms with E-state index in [1.807, 2.05) is 6.08 Å². The van der Waals surface area contributed by atoms with Crippen LogP contribution >= 0.6 is 0 Å². The van der Waals surface area contributed by atoms with Gasteiger partial charge in [0.25, 0.3) is 0 Å². The van der Waals surface area contributed by atoms with Gasteiger partial charge in [0.15, 0.2) is 11.6 Å². The lowest BCUT2D eigenvalue weighted by atomic mass is 9.59. The Morgan fingerprint density at radius 1 is 0.868 bits per heavy atom. The molecular formula is C31H27NO6. The topological polar surface area (TPSA) is 112 Å². The van der Waals surface area contributed by atoms with Gasteiger partial charge in [-0.3, -0.25) is 24.1 Å². The molecule has 6 rings (SSSR count). The summed E-state index contributed by atoms with van der Waals surface area (Å²) in [6, 6.07) is 13.3. The molecule has 0 radical (unpaired) electrons. The van der Waals surface area contributed by atoms with Crippen LogP contribution in [-0.4, -0.2) is 45.0 Å². The van der Waals surface area contributed by atoms with Gasteiger partial charge in [-0.1, -0.05) is 35.9 Å². The molecule has 7 heteroatoms. The minimum absolute atomic E-state index is 0.0932. The number of Topliss-reactive ketones (excluding diaryl/α,β-unsaturated/α-hetero) is 1. The van der Waals surface area contributed by atoms with Gasteiger partial charge in [0.2, 0.25) is 11.8 Å². The molecular weight excluding hydrogens is 482 g/mol. The summed E-state index contributed by atoms with van der Waals surface area (Å²) in [5.74, 6) is -2.55. The van der Waals surface area contributed by atoms with Gasteiger partial charge in [0.05, 0.1) is 11.8 Å². The molecule has 4 aliphatic rings. The third kappa shape index (κ3) is 3.72. The first-order valence-electron chi connectivity index (χ1n) is 12.9. The van der Waals surface area contributed by atoms with Gasteiger partial charge in [-0.05, 0) is 73.6 Å². The predicted molar refractivity (Wildman–Crippen MR) is 138 cm³/mol. The molecule has 2 aromatic carbocycles. The lowest BCUT2D eigenvalue weighted by Crippen LogP contribution is -2.40. The van der Waals surface area contributed by atoms with E-state index in [-0.39, 0.29) is 53.8 Å². The number of likely N-dealkylation sites (tertiary alicyclic amines) is 1. The van der Waals surface area contributed by atoms with Gasteiger partial charge in [-0.25, -0.2) is 0 Å². The second-order valence-electron chi connectivity index (χ2n) is 10.6. The van der Waals surface area contributed by atoms with Crippen molar-refractivity contribution < 1.29 is 29.4 Å². The number of hydrogen-bond donors (Lipinski definition) is 2. The maximum absolute atomic E-state index is 13.8. The molecule has 2 aromatic rings. The second-order valence-corrected chi connectivity index (χ2v) is 10.6. The normalized spacial score (nSPS) is 26.6. The number of nitrogens with zero attached hydrogens (tertiary/aromatic N) is 1. The fourth-order valence-electron chi connectivity index (χ4n) is 6.62. The lowest BCUT2D eigenvalue weighted by molar-refractivity contribution is -0.140. The summed E-state index contributed by atoms with van der Waals surface area (Å²) < 4.78 is 0. The third-order valence-electron chi connectivity index (χ3n) is 8.44. The quantitative estimate of drug-likeness (QED) is 0.369. The van der Waals surface area contributed by atoms with Crippen LogP contribution in [0, 0.1) is 17.8 Å². The predicted octanol–water partition coefficient (Wildman–Crippen LogP) is 3.77. The lowest BCUT2D eigenvalue weighted by Gasteiger charge is -2.42. The van der Waals surface area contributed by atoms with Gasteiger partial charge in [0, 0.05) is 29.2 Å². The average Bonchev–Trinajstić information content (AvgIpc) is 3.15. The number of benzene rings is 2. The Balaban J connectivity index is 1.37. The summed E-state index contributed by atoms with van der Waals surface area (Å²) in [5.41, 5.74) is 3.81. The zero-order valence-electron chi connectivity index (χ0n) is 20.9. The van der Waals surface area contributed by atoms with Crippen LogP contribution in [-0.2, 0) is 25.6 Å². The number of phenols is 2. The molecule has 1 saturated heterocycles. The summed E-state index contributed by atoms with van der Waals surface area (Å²) in [6.07, 6.45) is 4.49. The highest BCUT2D eigenvalue weighted by atomic mass is 16.3. The number of carbonyl (C=O) groups excluding carboxylic acids is 4. The van der Waals surface area contributed by atoms with E-state index < -0.39 is 17.8 Å². The number of hydrogen-bond acceptors (Lipinski definition) is 6. The van der Waals surface area contributed by atoms with Crippen molar-refractivity contribution in [1.29, 1.82) is 0 Å². The number of amides is 2. The molecule has 4 unspecified atom stereocenters. The highest BCUT2D eigenvalue weighted by molar-refractivity contribution is 6.23. The van der Waals surface area contributed by atoms with Crippen molar-refractivity contribution in [3.05, 3.63) is 94.1 Å². The van der Waals surface area contributed by atoms with Crippen molar-refractivity contribution in [2.24, 2.45) is 17.8 Å². The minimum atomic E-state index is -0.593. The van der Waals surface area contributed by atoms with E-state index in [1.54, 1.807) is 55.5 Å². The molecule has 0 bridgehead atoms. The minimum Gasteiger partial charge on any atom is -0.508 e. The number of ketones is 2. The summed E-state index contributed by atoms with van der Waals surface area (Å²) >= 11 is 0. The number of allylic oxidation sites excluding steroid dienone is 6. The number of imide groups is 1. The van der Waals surface area contributed by atoms with Crippen LogP contribution in [0.1, 0.15) is 36.8 Å². The van der Waals surface area contributed by atoms with Gasteiger partial charge in [-0.2, -0.15) is 0 Å². The molecule has 0 spiro atoms. The monoisotopic (exact) mass is 509 g/mol. The van der Waals surface area contributed by atoms with E-state index in [9.17, 15) is 29.4 Å².